The fourth-order valence-electron chi connectivity index (χ4n) is 3.23. The van der Waals surface area contributed by atoms with E-state index in [2.05, 4.69) is 21.2 Å². The largest absolute Gasteiger partial charge is 0.324 e. The van der Waals surface area contributed by atoms with Crippen LogP contribution < -0.4 is 5.32 Å². The first-order chi connectivity index (χ1) is 13.3. The lowest BCUT2D eigenvalue weighted by molar-refractivity contribution is -0.120. The van der Waals surface area contributed by atoms with Crippen LogP contribution in [0, 0.1) is 0 Å². The van der Waals surface area contributed by atoms with E-state index in [9.17, 15) is 18.0 Å². The van der Waals surface area contributed by atoms with Crippen molar-refractivity contribution in [1.82, 2.24) is 4.31 Å². The van der Waals surface area contributed by atoms with Gasteiger partial charge in [0.15, 0.2) is 5.78 Å². The van der Waals surface area contributed by atoms with Crippen molar-refractivity contribution in [3.8, 4) is 0 Å². The van der Waals surface area contributed by atoms with Gasteiger partial charge in [0.05, 0.1) is 10.6 Å². The number of amides is 1. The molecule has 148 valence electrons. The molecule has 2 aromatic carbocycles. The summed E-state index contributed by atoms with van der Waals surface area (Å²) in [6.45, 7) is 1.71. The molecular formula is C20H21BrN2O4S. The third-order valence-corrected chi connectivity index (χ3v) is 7.37. The van der Waals surface area contributed by atoms with Crippen molar-refractivity contribution in [3.05, 3.63) is 58.6 Å². The highest BCUT2D eigenvalue weighted by atomic mass is 79.9. The maximum absolute atomic E-state index is 13.2. The number of rotatable bonds is 5. The van der Waals surface area contributed by atoms with Gasteiger partial charge < -0.3 is 5.32 Å². The van der Waals surface area contributed by atoms with Crippen LogP contribution in [0.15, 0.2) is 57.9 Å². The summed E-state index contributed by atoms with van der Waals surface area (Å²) in [6.07, 6.45) is 1.94. The molecule has 1 fully saturated rings. The minimum Gasteiger partial charge on any atom is -0.324 e. The zero-order chi connectivity index (χ0) is 20.3. The Morgan fingerprint density at radius 1 is 1.07 bits per heavy atom. The number of hydrogen-bond acceptors (Lipinski definition) is 4. The van der Waals surface area contributed by atoms with Gasteiger partial charge in [0.1, 0.15) is 6.04 Å². The number of piperidine rings is 1. The summed E-state index contributed by atoms with van der Waals surface area (Å²) < 4.78 is 28.3. The van der Waals surface area contributed by atoms with Gasteiger partial charge in [0.25, 0.3) is 0 Å². The molecule has 6 nitrogen and oxygen atoms in total. The average molecular weight is 465 g/mol. The molecule has 1 unspecified atom stereocenters. The number of anilines is 1. The van der Waals surface area contributed by atoms with E-state index in [1.54, 1.807) is 12.1 Å². The smallest absolute Gasteiger partial charge is 0.243 e. The van der Waals surface area contributed by atoms with Gasteiger partial charge in [-0.05, 0) is 60.0 Å². The molecule has 0 saturated carbocycles. The number of para-hydroxylation sites is 1. The zero-order valence-corrected chi connectivity index (χ0v) is 17.8. The molecule has 0 bridgehead atoms. The van der Waals surface area contributed by atoms with E-state index in [1.807, 2.05) is 12.1 Å². The van der Waals surface area contributed by atoms with E-state index in [4.69, 9.17) is 0 Å². The number of nitrogens with one attached hydrogen (secondary N) is 1. The standard InChI is InChI=1S/C20H21BrN2O4S/c1-14(24)15-9-11-16(12-10-15)28(26,27)23-13-5-4-8-19(23)20(25)22-18-7-3-2-6-17(18)21/h2-3,6-7,9-12,19H,4-5,8,13H2,1H3,(H,22,25). The molecule has 1 heterocycles. The Morgan fingerprint density at radius 3 is 2.39 bits per heavy atom. The summed E-state index contributed by atoms with van der Waals surface area (Å²) in [4.78, 5) is 24.4. The molecule has 1 N–H and O–H groups in total. The maximum Gasteiger partial charge on any atom is 0.243 e. The number of nitrogens with zero attached hydrogens (tertiary/aromatic N) is 1. The molecule has 8 heteroatoms. The van der Waals surface area contributed by atoms with Crippen molar-refractivity contribution in [2.24, 2.45) is 0 Å². The minimum absolute atomic E-state index is 0.0816. The van der Waals surface area contributed by atoms with Crippen molar-refractivity contribution in [2.45, 2.75) is 37.1 Å². The Balaban J connectivity index is 1.86. The first kappa shape index (κ1) is 20.7. The highest BCUT2D eigenvalue weighted by Crippen LogP contribution is 2.28. The fourth-order valence-corrected chi connectivity index (χ4v) is 5.27. The molecule has 1 atom stereocenters. The van der Waals surface area contributed by atoms with Crippen molar-refractivity contribution in [1.29, 1.82) is 0 Å². The second kappa shape index (κ2) is 8.55. The van der Waals surface area contributed by atoms with Gasteiger partial charge in [0, 0.05) is 16.6 Å². The summed E-state index contributed by atoms with van der Waals surface area (Å²) >= 11 is 3.38. The van der Waals surface area contributed by atoms with Gasteiger partial charge in [-0.2, -0.15) is 4.31 Å². The van der Waals surface area contributed by atoms with Gasteiger partial charge in [-0.1, -0.05) is 30.7 Å². The Bertz CT molecular complexity index is 990. The number of halogens is 1. The number of Topliss-reactive ketones (excluding diaryl/α,β-unsaturated/α-hetero) is 1. The molecule has 0 spiro atoms. The Morgan fingerprint density at radius 2 is 1.75 bits per heavy atom. The second-order valence-corrected chi connectivity index (χ2v) is 9.42. The molecule has 1 saturated heterocycles. The number of carbonyl (C=O) groups is 2. The highest BCUT2D eigenvalue weighted by molar-refractivity contribution is 9.10. The van der Waals surface area contributed by atoms with E-state index in [0.717, 1.165) is 10.9 Å². The minimum atomic E-state index is -3.85. The van der Waals surface area contributed by atoms with Crippen molar-refractivity contribution < 1.29 is 18.0 Å². The van der Waals surface area contributed by atoms with E-state index in [0.29, 0.717) is 24.1 Å². The molecule has 1 aliphatic rings. The normalized spacial score (nSPS) is 17.9. The molecule has 0 aromatic heterocycles. The Labute approximate surface area is 173 Å². The predicted molar refractivity (Wildman–Crippen MR) is 111 cm³/mol. The van der Waals surface area contributed by atoms with Crippen LogP contribution in [0.5, 0.6) is 0 Å². The highest BCUT2D eigenvalue weighted by Gasteiger charge is 2.37. The van der Waals surface area contributed by atoms with Crippen LogP contribution in [-0.4, -0.2) is 37.0 Å². The number of hydrogen-bond donors (Lipinski definition) is 1. The summed E-state index contributed by atoms with van der Waals surface area (Å²) in [5, 5.41) is 2.82. The second-order valence-electron chi connectivity index (χ2n) is 6.68. The van der Waals surface area contributed by atoms with Crippen molar-refractivity contribution >= 4 is 43.3 Å². The summed E-state index contributed by atoms with van der Waals surface area (Å²) in [7, 11) is -3.85. The number of sulfonamides is 1. The van der Waals surface area contributed by atoms with Crippen molar-refractivity contribution in [2.75, 3.05) is 11.9 Å². The lowest BCUT2D eigenvalue weighted by Crippen LogP contribution is -2.49. The molecular weight excluding hydrogens is 444 g/mol. The van der Waals surface area contributed by atoms with Crippen LogP contribution in [0.1, 0.15) is 36.5 Å². The zero-order valence-electron chi connectivity index (χ0n) is 15.4. The number of benzene rings is 2. The topological polar surface area (TPSA) is 83.6 Å². The fraction of sp³-hybridized carbons (Fsp3) is 0.300. The van der Waals surface area contributed by atoms with E-state index in [1.165, 1.54) is 35.5 Å². The first-order valence-electron chi connectivity index (χ1n) is 8.99. The van der Waals surface area contributed by atoms with Gasteiger partial charge in [0.2, 0.25) is 15.9 Å². The van der Waals surface area contributed by atoms with Crippen LogP contribution in [-0.2, 0) is 14.8 Å². The van der Waals surface area contributed by atoms with Gasteiger partial charge in [-0.3, -0.25) is 9.59 Å². The summed E-state index contributed by atoms with van der Waals surface area (Å²) in [6, 6.07) is 12.2. The van der Waals surface area contributed by atoms with Crippen LogP contribution >= 0.6 is 15.9 Å². The molecule has 1 aliphatic heterocycles. The van der Waals surface area contributed by atoms with Crippen LogP contribution in [0.2, 0.25) is 0 Å². The molecule has 28 heavy (non-hydrogen) atoms. The first-order valence-corrected chi connectivity index (χ1v) is 11.2. The molecule has 2 aromatic rings. The Kier molecular flexibility index (Phi) is 6.32. The average Bonchev–Trinajstić information content (AvgIpc) is 2.69. The third kappa shape index (κ3) is 4.34. The van der Waals surface area contributed by atoms with E-state index >= 15 is 0 Å². The SMILES string of the molecule is CC(=O)c1ccc(S(=O)(=O)N2CCCCC2C(=O)Nc2ccccc2Br)cc1. The molecule has 0 radical (unpaired) electrons. The van der Waals surface area contributed by atoms with Crippen molar-refractivity contribution in [3.63, 3.8) is 0 Å². The Hall–Kier alpha value is -2.03. The summed E-state index contributed by atoms with van der Waals surface area (Å²) in [5.41, 5.74) is 1.04. The van der Waals surface area contributed by atoms with Gasteiger partial charge >= 0.3 is 0 Å². The van der Waals surface area contributed by atoms with Gasteiger partial charge in [-0.15, -0.1) is 0 Å². The van der Waals surface area contributed by atoms with E-state index in [-0.39, 0.29) is 23.1 Å². The molecule has 1 amide bonds. The summed E-state index contributed by atoms with van der Waals surface area (Å²) in [5.74, 6) is -0.483. The molecule has 3 rings (SSSR count). The van der Waals surface area contributed by atoms with Crippen LogP contribution in [0.3, 0.4) is 0 Å². The number of carbonyl (C=O) groups excluding carboxylic acids is 2. The lowest BCUT2D eigenvalue weighted by atomic mass is 10.0. The molecule has 0 aliphatic carbocycles. The lowest BCUT2D eigenvalue weighted by Gasteiger charge is -2.33. The van der Waals surface area contributed by atoms with Crippen LogP contribution in [0.4, 0.5) is 5.69 Å². The predicted octanol–water partition coefficient (Wildman–Crippen LogP) is 3.83. The quantitative estimate of drug-likeness (QED) is 0.681. The number of ketones is 1. The maximum atomic E-state index is 13.2. The van der Waals surface area contributed by atoms with Crippen LogP contribution in [0.25, 0.3) is 0 Å². The third-order valence-electron chi connectivity index (χ3n) is 4.76. The van der Waals surface area contributed by atoms with Gasteiger partial charge in [-0.25, -0.2) is 8.42 Å². The monoisotopic (exact) mass is 464 g/mol. The van der Waals surface area contributed by atoms with E-state index < -0.39 is 16.1 Å².